The molecule has 0 radical (unpaired) electrons. The van der Waals surface area contributed by atoms with Gasteiger partial charge in [0.2, 0.25) is 0 Å². The molecule has 0 spiro atoms. The van der Waals surface area contributed by atoms with Crippen molar-refractivity contribution in [3.63, 3.8) is 0 Å². The summed E-state index contributed by atoms with van der Waals surface area (Å²) in [7, 11) is 0. The van der Waals surface area contributed by atoms with Crippen LogP contribution in [0.3, 0.4) is 0 Å². The predicted molar refractivity (Wildman–Crippen MR) is 120 cm³/mol. The Morgan fingerprint density at radius 3 is 2.41 bits per heavy atom. The standard InChI is InChI=1S/C25H21F3N4O2/c26-25(27,28)22-14-19(21-12-7-13-34-21)29-23-15-20(30-32(22)23)24(33)31(18-10-5-2-6-11-18)16-17-8-3-1-4-9-17/h1-13,15,19,22,29H,14,16H2/t19-,22+/m0/s1. The van der Waals surface area contributed by atoms with Crippen LogP contribution in [0.4, 0.5) is 24.7 Å². The number of halogens is 3. The molecule has 1 N–H and O–H groups in total. The van der Waals surface area contributed by atoms with E-state index in [0.717, 1.165) is 10.2 Å². The SMILES string of the molecule is O=C(c1cc2n(n1)[C@@H](C(F)(F)F)C[C@@H](c1ccco1)N2)N(Cc1ccccc1)c1ccccc1. The first-order valence-corrected chi connectivity index (χ1v) is 10.8. The quantitative estimate of drug-likeness (QED) is 0.393. The van der Waals surface area contributed by atoms with Crippen molar-refractivity contribution in [2.24, 2.45) is 0 Å². The fourth-order valence-corrected chi connectivity index (χ4v) is 4.15. The number of benzene rings is 2. The number of nitrogens with one attached hydrogen (secondary N) is 1. The third kappa shape index (κ3) is 4.28. The lowest BCUT2D eigenvalue weighted by molar-refractivity contribution is -0.174. The molecular formula is C25H21F3N4O2. The Hall–Kier alpha value is -4.01. The van der Waals surface area contributed by atoms with E-state index in [1.807, 2.05) is 36.4 Å². The van der Waals surface area contributed by atoms with E-state index >= 15 is 0 Å². The van der Waals surface area contributed by atoms with Crippen molar-refractivity contribution in [1.82, 2.24) is 9.78 Å². The third-order valence-electron chi connectivity index (χ3n) is 5.79. The van der Waals surface area contributed by atoms with E-state index in [1.54, 1.807) is 36.4 Å². The van der Waals surface area contributed by atoms with Gasteiger partial charge in [-0.3, -0.25) is 4.79 Å². The summed E-state index contributed by atoms with van der Waals surface area (Å²) in [5.74, 6) is 0.0184. The fraction of sp³-hybridized carbons (Fsp3) is 0.200. The molecule has 2 aromatic carbocycles. The fourth-order valence-electron chi connectivity index (χ4n) is 4.15. The molecular weight excluding hydrogens is 445 g/mol. The molecule has 0 unspecified atom stereocenters. The summed E-state index contributed by atoms with van der Waals surface area (Å²) in [5, 5.41) is 7.16. The number of carbonyl (C=O) groups is 1. The Morgan fingerprint density at radius 1 is 1.06 bits per heavy atom. The lowest BCUT2D eigenvalue weighted by Crippen LogP contribution is -2.36. The molecule has 2 aromatic heterocycles. The maximum atomic E-state index is 13.9. The Bertz CT molecular complexity index is 1250. The second-order valence-electron chi connectivity index (χ2n) is 8.08. The van der Waals surface area contributed by atoms with Crippen LogP contribution in [-0.2, 0) is 6.54 Å². The minimum Gasteiger partial charge on any atom is -0.467 e. The summed E-state index contributed by atoms with van der Waals surface area (Å²) in [6, 6.07) is 20.4. The first kappa shape index (κ1) is 21.8. The first-order valence-electron chi connectivity index (χ1n) is 10.8. The summed E-state index contributed by atoms with van der Waals surface area (Å²) < 4.78 is 48.0. The molecule has 0 bridgehead atoms. The first-order chi connectivity index (χ1) is 16.4. The Balaban J connectivity index is 1.51. The highest BCUT2D eigenvalue weighted by Crippen LogP contribution is 2.43. The molecule has 2 atom stereocenters. The molecule has 0 saturated carbocycles. The number of hydrogen-bond donors (Lipinski definition) is 1. The zero-order valence-corrected chi connectivity index (χ0v) is 17.9. The number of nitrogens with zero attached hydrogens (tertiary/aromatic N) is 3. The smallest absolute Gasteiger partial charge is 0.410 e. The van der Waals surface area contributed by atoms with Crippen molar-refractivity contribution in [1.29, 1.82) is 0 Å². The van der Waals surface area contributed by atoms with Gasteiger partial charge >= 0.3 is 6.18 Å². The molecule has 9 heteroatoms. The number of furan rings is 1. The zero-order valence-electron chi connectivity index (χ0n) is 17.9. The van der Waals surface area contributed by atoms with Gasteiger partial charge in [0.1, 0.15) is 11.6 Å². The molecule has 174 valence electrons. The number of hydrogen-bond acceptors (Lipinski definition) is 4. The van der Waals surface area contributed by atoms with Gasteiger partial charge in [0.25, 0.3) is 5.91 Å². The van der Waals surface area contributed by atoms with Crippen LogP contribution < -0.4 is 10.2 Å². The normalized spacial score (nSPS) is 17.6. The molecule has 0 fully saturated rings. The maximum absolute atomic E-state index is 13.9. The molecule has 6 nitrogen and oxygen atoms in total. The number of amides is 1. The van der Waals surface area contributed by atoms with Crippen LogP contribution in [0.2, 0.25) is 0 Å². The summed E-state index contributed by atoms with van der Waals surface area (Å²) in [6.45, 7) is 0.247. The van der Waals surface area contributed by atoms with Gasteiger partial charge in [0, 0.05) is 18.2 Å². The van der Waals surface area contributed by atoms with Gasteiger partial charge in [-0.25, -0.2) is 4.68 Å². The van der Waals surface area contributed by atoms with Crippen molar-refractivity contribution < 1.29 is 22.4 Å². The van der Waals surface area contributed by atoms with E-state index in [4.69, 9.17) is 4.42 Å². The summed E-state index contributed by atoms with van der Waals surface area (Å²) in [6.07, 6.45) is -3.43. The number of carbonyl (C=O) groups excluding carboxylic acids is 1. The average Bonchev–Trinajstić information content (AvgIpc) is 3.52. The largest absolute Gasteiger partial charge is 0.467 e. The molecule has 5 rings (SSSR count). The summed E-state index contributed by atoms with van der Waals surface area (Å²) in [5.41, 5.74) is 1.43. The van der Waals surface area contributed by atoms with E-state index in [2.05, 4.69) is 10.4 Å². The topological polar surface area (TPSA) is 63.3 Å². The summed E-state index contributed by atoms with van der Waals surface area (Å²) >= 11 is 0. The Morgan fingerprint density at radius 2 is 1.76 bits per heavy atom. The van der Waals surface area contributed by atoms with Gasteiger partial charge in [0.05, 0.1) is 18.8 Å². The Kier molecular flexibility index (Phi) is 5.61. The van der Waals surface area contributed by atoms with E-state index in [-0.39, 0.29) is 24.5 Å². The van der Waals surface area contributed by atoms with Crippen molar-refractivity contribution in [3.05, 3.63) is 102 Å². The van der Waals surface area contributed by atoms with Gasteiger partial charge in [-0.15, -0.1) is 0 Å². The lowest BCUT2D eigenvalue weighted by Gasteiger charge is -2.32. The highest BCUT2D eigenvalue weighted by atomic mass is 19.4. The highest BCUT2D eigenvalue weighted by Gasteiger charge is 2.47. The number of aromatic nitrogens is 2. The van der Waals surface area contributed by atoms with Crippen molar-refractivity contribution in [2.45, 2.75) is 31.2 Å². The molecule has 0 aliphatic carbocycles. The van der Waals surface area contributed by atoms with Crippen LogP contribution in [0.1, 0.15) is 40.3 Å². The van der Waals surface area contributed by atoms with Crippen molar-refractivity contribution in [2.75, 3.05) is 10.2 Å². The second kappa shape index (κ2) is 8.74. The van der Waals surface area contributed by atoms with Crippen LogP contribution in [0, 0.1) is 0 Å². The van der Waals surface area contributed by atoms with Gasteiger partial charge in [-0.05, 0) is 29.8 Å². The predicted octanol–water partition coefficient (Wildman–Crippen LogP) is 5.98. The zero-order chi connectivity index (χ0) is 23.7. The minimum atomic E-state index is -4.54. The second-order valence-corrected chi connectivity index (χ2v) is 8.08. The number of anilines is 2. The van der Waals surface area contributed by atoms with E-state index < -0.39 is 24.2 Å². The molecule has 1 aliphatic rings. The lowest BCUT2D eigenvalue weighted by atomic mass is 10.0. The molecule has 0 saturated heterocycles. The Labute approximate surface area is 193 Å². The van der Waals surface area contributed by atoms with Crippen LogP contribution >= 0.6 is 0 Å². The van der Waals surface area contributed by atoms with Crippen LogP contribution in [0.15, 0.2) is 89.5 Å². The highest BCUT2D eigenvalue weighted by molar-refractivity contribution is 6.05. The van der Waals surface area contributed by atoms with Crippen LogP contribution in [0.5, 0.6) is 0 Å². The number of alkyl halides is 3. The van der Waals surface area contributed by atoms with Gasteiger partial charge in [-0.2, -0.15) is 18.3 Å². The number of fused-ring (bicyclic) bond motifs is 1. The van der Waals surface area contributed by atoms with Crippen molar-refractivity contribution in [3.8, 4) is 0 Å². The minimum absolute atomic E-state index is 0.0726. The monoisotopic (exact) mass is 466 g/mol. The molecule has 34 heavy (non-hydrogen) atoms. The molecule has 1 amide bonds. The maximum Gasteiger partial charge on any atom is 0.410 e. The molecule has 3 heterocycles. The van der Waals surface area contributed by atoms with Gasteiger partial charge in [-0.1, -0.05) is 48.5 Å². The number of para-hydroxylation sites is 1. The molecule has 1 aliphatic heterocycles. The van der Waals surface area contributed by atoms with E-state index in [1.165, 1.54) is 17.2 Å². The van der Waals surface area contributed by atoms with E-state index in [0.29, 0.717) is 11.4 Å². The third-order valence-corrected chi connectivity index (χ3v) is 5.79. The molecule has 4 aromatic rings. The van der Waals surface area contributed by atoms with Gasteiger partial charge in [0.15, 0.2) is 11.7 Å². The average molecular weight is 466 g/mol. The van der Waals surface area contributed by atoms with Crippen LogP contribution in [0.25, 0.3) is 0 Å². The number of rotatable bonds is 5. The van der Waals surface area contributed by atoms with Gasteiger partial charge < -0.3 is 14.6 Å². The van der Waals surface area contributed by atoms with E-state index in [9.17, 15) is 18.0 Å². The summed E-state index contributed by atoms with van der Waals surface area (Å²) in [4.78, 5) is 15.1. The van der Waals surface area contributed by atoms with Crippen LogP contribution in [-0.4, -0.2) is 21.9 Å². The van der Waals surface area contributed by atoms with Crippen molar-refractivity contribution >= 4 is 17.4 Å².